The minimum absolute atomic E-state index is 0.0343. The molecule has 0 unspecified atom stereocenters. The highest BCUT2D eigenvalue weighted by Gasteiger charge is 2.44. The third-order valence-electron chi connectivity index (χ3n) is 13.4. The van der Waals surface area contributed by atoms with Crippen molar-refractivity contribution in [1.82, 2.24) is 30.2 Å². The van der Waals surface area contributed by atoms with Gasteiger partial charge in [0.2, 0.25) is 29.5 Å². The van der Waals surface area contributed by atoms with Gasteiger partial charge in [-0.2, -0.15) is 0 Å². The molecule has 392 valence electrons. The molecule has 1 aliphatic rings. The van der Waals surface area contributed by atoms with Crippen molar-refractivity contribution in [3.8, 4) is 0 Å². The van der Waals surface area contributed by atoms with Crippen LogP contribution in [0.3, 0.4) is 0 Å². The minimum atomic E-state index is -1.01. The SMILES string of the molecule is CC[C@H](C)[C@@H]([C@@H](CC(=O)N1CCC[C@H]1[C@H](OC)[C@@H](C)C(=O)N[C@@H](Cc1ccccc1)C(=O)OC)OC)N(C)C(=O)[C@@H](NC(=O)[C@H](C(C)C)N(C)C(=O)[C@H](CC(C)C)N(C)C(=O)OC(C)(C)C)C(C)C. The number of hydrogen-bond acceptors (Lipinski definition) is 11. The van der Waals surface area contributed by atoms with E-state index in [4.69, 9.17) is 18.9 Å². The van der Waals surface area contributed by atoms with Gasteiger partial charge in [-0.3, -0.25) is 28.9 Å². The first-order valence-corrected chi connectivity index (χ1v) is 24.7. The van der Waals surface area contributed by atoms with Gasteiger partial charge >= 0.3 is 12.1 Å². The van der Waals surface area contributed by atoms with E-state index >= 15 is 0 Å². The summed E-state index contributed by atoms with van der Waals surface area (Å²) in [5.41, 5.74) is 0.0701. The normalized spacial score (nSPS) is 18.0. The third-order valence-corrected chi connectivity index (χ3v) is 13.4. The highest BCUT2D eigenvalue weighted by Crippen LogP contribution is 2.30. The summed E-state index contributed by atoms with van der Waals surface area (Å²) >= 11 is 0. The van der Waals surface area contributed by atoms with Gasteiger partial charge in [0, 0.05) is 48.3 Å². The second-order valence-corrected chi connectivity index (χ2v) is 21.0. The van der Waals surface area contributed by atoms with Crippen LogP contribution < -0.4 is 10.6 Å². The molecule has 0 bridgehead atoms. The predicted octanol–water partition coefficient (Wildman–Crippen LogP) is 5.71. The van der Waals surface area contributed by atoms with Crippen LogP contribution in [0.5, 0.6) is 0 Å². The lowest BCUT2D eigenvalue weighted by molar-refractivity contribution is -0.149. The summed E-state index contributed by atoms with van der Waals surface area (Å²) in [6, 6.07) is 4.44. The Morgan fingerprint density at radius 1 is 0.783 bits per heavy atom. The summed E-state index contributed by atoms with van der Waals surface area (Å²) in [5, 5.41) is 5.85. The molecule has 10 atom stereocenters. The monoisotopic (exact) mass is 973 g/mol. The van der Waals surface area contributed by atoms with Crippen LogP contribution in [0.4, 0.5) is 4.79 Å². The second kappa shape index (κ2) is 27.6. The number of nitrogens with zero attached hydrogens (tertiary/aromatic N) is 4. The predicted molar refractivity (Wildman–Crippen MR) is 266 cm³/mol. The Labute approximate surface area is 413 Å². The van der Waals surface area contributed by atoms with Gasteiger partial charge in [-0.05, 0) is 69.3 Å². The van der Waals surface area contributed by atoms with Crippen LogP contribution in [-0.4, -0.2) is 164 Å². The molecule has 0 aliphatic carbocycles. The number of ether oxygens (including phenoxy) is 4. The third kappa shape index (κ3) is 17.0. The van der Waals surface area contributed by atoms with E-state index in [1.807, 2.05) is 85.7 Å². The molecule has 1 fully saturated rings. The van der Waals surface area contributed by atoms with Crippen LogP contribution >= 0.6 is 0 Å². The van der Waals surface area contributed by atoms with E-state index in [1.54, 1.807) is 51.6 Å². The molecule has 17 nitrogen and oxygen atoms in total. The zero-order valence-corrected chi connectivity index (χ0v) is 45.1. The van der Waals surface area contributed by atoms with Gasteiger partial charge in [-0.15, -0.1) is 0 Å². The van der Waals surface area contributed by atoms with Crippen molar-refractivity contribution < 1.29 is 52.5 Å². The lowest BCUT2D eigenvalue weighted by Crippen LogP contribution is -2.61. The van der Waals surface area contributed by atoms with E-state index in [-0.39, 0.29) is 48.3 Å². The molecule has 0 aromatic heterocycles. The number of likely N-dealkylation sites (tertiary alicyclic amines) is 1. The first-order chi connectivity index (χ1) is 32.2. The number of esters is 1. The van der Waals surface area contributed by atoms with Gasteiger partial charge in [0.05, 0.1) is 43.7 Å². The standard InChI is InChI=1S/C52H88N6O11/c1-19-34(8)44(40(66-16)30-41(59)58-27-23-26-38(58)45(67-17)35(9)46(60)53-37(50(64)68-18)29-36-24-21-20-22-25-36)57(15)49(63)42(32(4)5)54-47(61)43(33(6)7)56(14)48(62)39(28-31(2)3)55(13)51(65)69-52(10,11)12/h20-22,24-25,31-35,37-40,42-45H,19,23,26-30H2,1-18H3,(H,53,60)(H,54,61)/t34-,35+,37-,38-,39-,40+,42-,43-,44-,45+/m0/s1. The molecule has 1 aromatic rings. The minimum Gasteiger partial charge on any atom is -0.467 e. The van der Waals surface area contributed by atoms with Crippen LogP contribution in [-0.2, 0) is 54.1 Å². The van der Waals surface area contributed by atoms with E-state index in [2.05, 4.69) is 10.6 Å². The van der Waals surface area contributed by atoms with Crippen molar-refractivity contribution in [3.63, 3.8) is 0 Å². The molecule has 1 saturated heterocycles. The van der Waals surface area contributed by atoms with Gasteiger partial charge in [-0.25, -0.2) is 9.59 Å². The summed E-state index contributed by atoms with van der Waals surface area (Å²) in [6.07, 6.45) is 0.307. The summed E-state index contributed by atoms with van der Waals surface area (Å²) in [6.45, 7) is 22.6. The van der Waals surface area contributed by atoms with Crippen LogP contribution in [0.25, 0.3) is 0 Å². The van der Waals surface area contributed by atoms with Crippen LogP contribution in [0.15, 0.2) is 30.3 Å². The Morgan fingerprint density at radius 3 is 1.88 bits per heavy atom. The van der Waals surface area contributed by atoms with Crippen molar-refractivity contribution >= 4 is 41.6 Å². The summed E-state index contributed by atoms with van der Waals surface area (Å²) < 4.78 is 22.7. The van der Waals surface area contributed by atoms with E-state index in [1.165, 1.54) is 38.2 Å². The van der Waals surface area contributed by atoms with Crippen LogP contribution in [0.1, 0.15) is 121 Å². The van der Waals surface area contributed by atoms with Crippen molar-refractivity contribution in [2.45, 2.75) is 176 Å². The molecule has 6 amide bonds. The van der Waals surface area contributed by atoms with Gasteiger partial charge in [-0.1, -0.05) is 99.1 Å². The lowest BCUT2D eigenvalue weighted by atomic mass is 9.89. The van der Waals surface area contributed by atoms with Crippen molar-refractivity contribution in [2.75, 3.05) is 49.0 Å². The number of likely N-dealkylation sites (N-methyl/N-ethyl adjacent to an activating group) is 3. The first-order valence-electron chi connectivity index (χ1n) is 24.7. The van der Waals surface area contributed by atoms with E-state index in [9.17, 15) is 33.6 Å². The van der Waals surface area contributed by atoms with Gasteiger partial charge in [0.1, 0.15) is 29.8 Å². The molecule has 2 N–H and O–H groups in total. The molecule has 1 aromatic carbocycles. The van der Waals surface area contributed by atoms with E-state index < -0.39 is 89.8 Å². The molecule has 1 heterocycles. The average Bonchev–Trinajstić information content (AvgIpc) is 3.77. The van der Waals surface area contributed by atoms with Gasteiger partial charge in [0.25, 0.3) is 0 Å². The number of methoxy groups -OCH3 is 3. The Balaban J connectivity index is 2.37. The Kier molecular flexibility index (Phi) is 24.1. The Bertz CT molecular complexity index is 1840. The topological polar surface area (TPSA) is 193 Å². The lowest BCUT2D eigenvalue weighted by Gasteiger charge is -2.41. The highest BCUT2D eigenvalue weighted by molar-refractivity contribution is 5.94. The maximum Gasteiger partial charge on any atom is 0.410 e. The Morgan fingerprint density at radius 2 is 1.39 bits per heavy atom. The number of rotatable bonds is 25. The van der Waals surface area contributed by atoms with Crippen molar-refractivity contribution in [3.05, 3.63) is 35.9 Å². The zero-order valence-electron chi connectivity index (χ0n) is 45.1. The van der Waals surface area contributed by atoms with E-state index in [0.29, 0.717) is 32.2 Å². The molecule has 0 spiro atoms. The molecule has 1 aliphatic heterocycles. The van der Waals surface area contributed by atoms with Crippen molar-refractivity contribution in [1.29, 1.82) is 0 Å². The van der Waals surface area contributed by atoms with Gasteiger partial charge in [0.15, 0.2) is 0 Å². The molecule has 2 rings (SSSR count). The summed E-state index contributed by atoms with van der Waals surface area (Å²) in [4.78, 5) is 104. The number of carbonyl (C=O) groups excluding carboxylic acids is 7. The molecular weight excluding hydrogens is 885 g/mol. The molecule has 17 heteroatoms. The quantitative estimate of drug-likeness (QED) is 0.114. The molecular formula is C52H88N6O11. The number of nitrogens with one attached hydrogen (secondary N) is 2. The maximum absolute atomic E-state index is 14.7. The first kappa shape index (κ1) is 60.4. The largest absolute Gasteiger partial charge is 0.467 e. The zero-order chi connectivity index (χ0) is 52.7. The average molecular weight is 973 g/mol. The number of amides is 6. The second-order valence-electron chi connectivity index (χ2n) is 21.0. The van der Waals surface area contributed by atoms with Crippen LogP contribution in [0.2, 0.25) is 0 Å². The maximum atomic E-state index is 14.7. The summed E-state index contributed by atoms with van der Waals surface area (Å²) in [7, 11) is 9.02. The smallest absolute Gasteiger partial charge is 0.410 e. The Hall–Kier alpha value is -4.77. The van der Waals surface area contributed by atoms with Crippen LogP contribution in [0, 0.1) is 29.6 Å². The van der Waals surface area contributed by atoms with E-state index in [0.717, 1.165) is 5.56 Å². The van der Waals surface area contributed by atoms with Gasteiger partial charge < -0.3 is 44.3 Å². The molecule has 0 saturated carbocycles. The number of hydrogen-bond donors (Lipinski definition) is 2. The number of carbonyl (C=O) groups is 7. The molecule has 69 heavy (non-hydrogen) atoms. The van der Waals surface area contributed by atoms with Crippen molar-refractivity contribution in [2.24, 2.45) is 29.6 Å². The summed E-state index contributed by atoms with van der Waals surface area (Å²) in [5.74, 6) is -4.14. The molecule has 0 radical (unpaired) electrons. The fraction of sp³-hybridized carbons (Fsp3) is 0.750. The fourth-order valence-electron chi connectivity index (χ4n) is 9.40. The number of benzene rings is 1. The fourth-order valence-corrected chi connectivity index (χ4v) is 9.40. The highest BCUT2D eigenvalue weighted by atomic mass is 16.6.